The molecular formula is C15H17ClN2O3. The first-order chi connectivity index (χ1) is 10.0. The number of carbonyl (C=O) groups excluding carboxylic acids is 2. The van der Waals surface area contributed by atoms with Gasteiger partial charge in [-0.05, 0) is 17.5 Å². The first kappa shape index (κ1) is 15.4. The van der Waals surface area contributed by atoms with E-state index in [1.807, 2.05) is 24.3 Å². The number of esters is 1. The molecule has 112 valence electrons. The molecule has 0 spiro atoms. The number of rotatable bonds is 4. The molecule has 0 bridgehead atoms. The third kappa shape index (κ3) is 3.76. The zero-order chi connectivity index (χ0) is 15.4. The Balaban J connectivity index is 2.13. The molecule has 0 aromatic heterocycles. The molecule has 1 amide bonds. The number of nitrogens with zero attached hydrogens (tertiary/aromatic N) is 1. The molecule has 0 fully saturated rings. The van der Waals surface area contributed by atoms with E-state index in [0.717, 1.165) is 16.7 Å². The molecule has 5 nitrogen and oxygen atoms in total. The summed E-state index contributed by atoms with van der Waals surface area (Å²) in [6, 6.07) is 7.69. The van der Waals surface area contributed by atoms with Crippen LogP contribution in [0.15, 0.2) is 29.4 Å². The number of methoxy groups -OCH3 is 1. The largest absolute Gasteiger partial charge is 0.469 e. The number of hydrogen-bond acceptors (Lipinski definition) is 4. The summed E-state index contributed by atoms with van der Waals surface area (Å²) in [5.41, 5.74) is 5.37. The SMILES string of the molecule is COC(=O)CCc1ccc(C2=C(Cl)N(C)NC(=O)C2)cc1. The number of aryl methyl sites for hydroxylation is 1. The van der Waals surface area contributed by atoms with Gasteiger partial charge in [-0.25, -0.2) is 0 Å². The van der Waals surface area contributed by atoms with Crippen molar-refractivity contribution in [2.24, 2.45) is 0 Å². The Bertz CT molecular complexity index is 581. The molecule has 0 saturated carbocycles. The van der Waals surface area contributed by atoms with E-state index >= 15 is 0 Å². The minimum atomic E-state index is -0.226. The van der Waals surface area contributed by atoms with Crippen molar-refractivity contribution >= 4 is 29.1 Å². The molecule has 1 aliphatic rings. The van der Waals surface area contributed by atoms with Crippen LogP contribution in [-0.4, -0.2) is 31.0 Å². The van der Waals surface area contributed by atoms with Gasteiger partial charge in [0.05, 0.1) is 13.5 Å². The van der Waals surface area contributed by atoms with E-state index in [0.29, 0.717) is 18.0 Å². The van der Waals surface area contributed by atoms with Gasteiger partial charge in [-0.3, -0.25) is 20.0 Å². The van der Waals surface area contributed by atoms with Crippen LogP contribution in [0, 0.1) is 0 Å². The second-order valence-electron chi connectivity index (χ2n) is 4.81. The van der Waals surface area contributed by atoms with E-state index in [1.165, 1.54) is 12.1 Å². The van der Waals surface area contributed by atoms with Gasteiger partial charge in [0.15, 0.2) is 0 Å². The van der Waals surface area contributed by atoms with Crippen LogP contribution in [0.3, 0.4) is 0 Å². The van der Waals surface area contributed by atoms with Gasteiger partial charge in [0, 0.05) is 19.0 Å². The van der Waals surface area contributed by atoms with E-state index in [9.17, 15) is 9.59 Å². The molecule has 1 aliphatic heterocycles. The van der Waals surface area contributed by atoms with E-state index in [-0.39, 0.29) is 18.3 Å². The summed E-state index contributed by atoms with van der Waals surface area (Å²) in [6.45, 7) is 0. The second-order valence-corrected chi connectivity index (χ2v) is 5.17. The Morgan fingerprint density at radius 1 is 1.38 bits per heavy atom. The van der Waals surface area contributed by atoms with Crippen molar-refractivity contribution in [2.75, 3.05) is 14.2 Å². The molecule has 1 heterocycles. The number of ether oxygens (including phenoxy) is 1. The van der Waals surface area contributed by atoms with Crippen molar-refractivity contribution in [3.8, 4) is 0 Å². The zero-order valence-electron chi connectivity index (χ0n) is 12.0. The monoisotopic (exact) mass is 308 g/mol. The van der Waals surface area contributed by atoms with Crippen molar-refractivity contribution in [3.05, 3.63) is 40.5 Å². The molecule has 0 unspecified atom stereocenters. The Hall–Kier alpha value is -2.01. The lowest BCUT2D eigenvalue weighted by atomic mass is 9.99. The van der Waals surface area contributed by atoms with E-state index in [1.54, 1.807) is 7.05 Å². The topological polar surface area (TPSA) is 58.6 Å². The number of hydrogen-bond donors (Lipinski definition) is 1. The van der Waals surface area contributed by atoms with Crippen LogP contribution >= 0.6 is 11.6 Å². The molecule has 6 heteroatoms. The molecule has 2 rings (SSSR count). The molecule has 21 heavy (non-hydrogen) atoms. The quantitative estimate of drug-likeness (QED) is 0.683. The highest BCUT2D eigenvalue weighted by Gasteiger charge is 2.21. The standard InChI is InChI=1S/C15H17ClN2O3/c1-18-15(16)12(9-13(19)17-18)11-6-3-10(4-7-11)5-8-14(20)21-2/h3-4,6-7H,5,8-9H2,1-2H3,(H,17,19). The maximum absolute atomic E-state index is 11.6. The van der Waals surface area contributed by atoms with Gasteiger partial charge >= 0.3 is 5.97 Å². The van der Waals surface area contributed by atoms with Crippen LogP contribution in [-0.2, 0) is 20.7 Å². The molecule has 0 aliphatic carbocycles. The third-order valence-electron chi connectivity index (χ3n) is 3.32. The normalized spacial score (nSPS) is 15.0. The van der Waals surface area contributed by atoms with Gasteiger partial charge in [-0.2, -0.15) is 0 Å². The molecule has 0 saturated heterocycles. The van der Waals surface area contributed by atoms with Crippen molar-refractivity contribution in [1.82, 2.24) is 10.4 Å². The van der Waals surface area contributed by atoms with Crippen LogP contribution in [0.5, 0.6) is 0 Å². The number of hydrazine groups is 1. The number of benzene rings is 1. The van der Waals surface area contributed by atoms with Crippen LogP contribution in [0.25, 0.3) is 5.57 Å². The van der Waals surface area contributed by atoms with Crippen LogP contribution < -0.4 is 5.43 Å². The van der Waals surface area contributed by atoms with Gasteiger partial charge in [0.2, 0.25) is 5.91 Å². The van der Waals surface area contributed by atoms with Gasteiger partial charge < -0.3 is 4.74 Å². The summed E-state index contributed by atoms with van der Waals surface area (Å²) in [5.74, 6) is -0.318. The van der Waals surface area contributed by atoms with Crippen molar-refractivity contribution in [1.29, 1.82) is 0 Å². The van der Waals surface area contributed by atoms with Crippen LogP contribution in [0.2, 0.25) is 0 Å². The Kier molecular flexibility index (Phi) is 4.85. The van der Waals surface area contributed by atoms with Crippen molar-refractivity contribution < 1.29 is 14.3 Å². The fraction of sp³-hybridized carbons (Fsp3) is 0.333. The number of amides is 1. The number of halogens is 1. The molecular weight excluding hydrogens is 292 g/mol. The predicted octanol–water partition coefficient (Wildman–Crippen LogP) is 2.07. The number of nitrogens with one attached hydrogen (secondary N) is 1. The smallest absolute Gasteiger partial charge is 0.305 e. The van der Waals surface area contributed by atoms with Crippen molar-refractivity contribution in [3.63, 3.8) is 0 Å². The maximum atomic E-state index is 11.6. The maximum Gasteiger partial charge on any atom is 0.305 e. The minimum absolute atomic E-state index is 0.0910. The Morgan fingerprint density at radius 2 is 2.05 bits per heavy atom. The lowest BCUT2D eigenvalue weighted by Crippen LogP contribution is -2.41. The summed E-state index contributed by atoms with van der Waals surface area (Å²) >= 11 is 6.22. The van der Waals surface area contributed by atoms with E-state index in [2.05, 4.69) is 10.2 Å². The third-order valence-corrected chi connectivity index (χ3v) is 3.80. The fourth-order valence-electron chi connectivity index (χ4n) is 2.15. The van der Waals surface area contributed by atoms with Crippen LogP contribution in [0.1, 0.15) is 24.0 Å². The lowest BCUT2D eigenvalue weighted by molar-refractivity contribution is -0.140. The predicted molar refractivity (Wildman–Crippen MR) is 80.1 cm³/mol. The van der Waals surface area contributed by atoms with Gasteiger partial charge in [-0.15, -0.1) is 0 Å². The minimum Gasteiger partial charge on any atom is -0.469 e. The van der Waals surface area contributed by atoms with E-state index < -0.39 is 0 Å². The molecule has 1 N–H and O–H groups in total. The average Bonchev–Trinajstić information content (AvgIpc) is 2.49. The second kappa shape index (κ2) is 6.63. The molecule has 0 atom stereocenters. The van der Waals surface area contributed by atoms with Crippen LogP contribution in [0.4, 0.5) is 0 Å². The van der Waals surface area contributed by atoms with E-state index in [4.69, 9.17) is 11.6 Å². The molecule has 1 aromatic carbocycles. The summed E-state index contributed by atoms with van der Waals surface area (Å²) in [6.07, 6.45) is 1.23. The van der Waals surface area contributed by atoms with Gasteiger partial charge in [0.1, 0.15) is 5.16 Å². The Labute approximate surface area is 128 Å². The summed E-state index contributed by atoms with van der Waals surface area (Å²) in [4.78, 5) is 22.7. The lowest BCUT2D eigenvalue weighted by Gasteiger charge is -2.27. The van der Waals surface area contributed by atoms with Gasteiger partial charge in [0.25, 0.3) is 0 Å². The Morgan fingerprint density at radius 3 is 2.67 bits per heavy atom. The van der Waals surface area contributed by atoms with Gasteiger partial charge in [-0.1, -0.05) is 35.9 Å². The fourth-order valence-corrected chi connectivity index (χ4v) is 2.37. The first-order valence-electron chi connectivity index (χ1n) is 6.59. The summed E-state index contributed by atoms with van der Waals surface area (Å²) < 4.78 is 4.61. The van der Waals surface area contributed by atoms with Crippen molar-refractivity contribution in [2.45, 2.75) is 19.3 Å². The highest BCUT2D eigenvalue weighted by atomic mass is 35.5. The number of carbonyl (C=O) groups is 2. The first-order valence-corrected chi connectivity index (χ1v) is 6.97. The average molecular weight is 309 g/mol. The highest BCUT2D eigenvalue weighted by Crippen LogP contribution is 2.29. The highest BCUT2D eigenvalue weighted by molar-refractivity contribution is 6.33. The summed E-state index contributed by atoms with van der Waals surface area (Å²) in [5, 5.41) is 2.02. The zero-order valence-corrected chi connectivity index (χ0v) is 12.7. The summed E-state index contributed by atoms with van der Waals surface area (Å²) in [7, 11) is 3.08. The molecule has 1 aromatic rings. The molecule has 0 radical (unpaired) electrons.